The third-order valence-corrected chi connectivity index (χ3v) is 2.89. The van der Waals surface area contributed by atoms with E-state index >= 15 is 0 Å². The second-order valence-electron chi connectivity index (χ2n) is 4.74. The number of amides is 1. The lowest BCUT2D eigenvalue weighted by Crippen LogP contribution is -2.38. The van der Waals surface area contributed by atoms with Crippen LogP contribution in [0.1, 0.15) is 15.9 Å². The molecule has 1 aromatic rings. The summed E-state index contributed by atoms with van der Waals surface area (Å²) in [6.07, 6.45) is 0. The molecule has 0 aliphatic heterocycles. The molecule has 0 fully saturated rings. The highest BCUT2D eigenvalue weighted by Gasteiger charge is 2.07. The van der Waals surface area contributed by atoms with Crippen molar-refractivity contribution in [2.75, 3.05) is 41.4 Å². The summed E-state index contributed by atoms with van der Waals surface area (Å²) in [5.74, 6) is 0.729. The predicted octanol–water partition coefficient (Wildman–Crippen LogP) is 1.32. The smallest absolute Gasteiger partial charge is 0.253 e. The van der Waals surface area contributed by atoms with Gasteiger partial charge in [-0.05, 0) is 17.7 Å². The molecular weight excluding hydrogens is 395 g/mol. The van der Waals surface area contributed by atoms with Crippen LogP contribution in [0.5, 0.6) is 0 Å². The maximum atomic E-state index is 11.8. The molecule has 0 aliphatic rings. The molecule has 6 nitrogen and oxygen atoms in total. The van der Waals surface area contributed by atoms with Gasteiger partial charge in [0.2, 0.25) is 0 Å². The Hall–Kier alpha value is -1.35. The van der Waals surface area contributed by atoms with Gasteiger partial charge in [-0.15, -0.1) is 24.0 Å². The molecular formula is C15H25IN4O2. The van der Waals surface area contributed by atoms with Crippen molar-refractivity contribution in [2.24, 2.45) is 4.99 Å². The third-order valence-electron chi connectivity index (χ3n) is 2.89. The van der Waals surface area contributed by atoms with E-state index in [4.69, 9.17) is 4.74 Å². The summed E-state index contributed by atoms with van der Waals surface area (Å²) < 4.78 is 4.97. The topological polar surface area (TPSA) is 66.0 Å². The molecule has 0 unspecified atom stereocenters. The molecule has 7 heteroatoms. The summed E-state index contributed by atoms with van der Waals surface area (Å²) in [4.78, 5) is 17.5. The molecule has 0 radical (unpaired) electrons. The summed E-state index contributed by atoms with van der Waals surface area (Å²) in [6, 6.07) is 7.54. The van der Waals surface area contributed by atoms with Gasteiger partial charge in [-0.1, -0.05) is 12.1 Å². The van der Waals surface area contributed by atoms with E-state index in [1.165, 1.54) is 0 Å². The summed E-state index contributed by atoms with van der Waals surface area (Å²) >= 11 is 0. The molecule has 0 heterocycles. The highest BCUT2D eigenvalue weighted by Crippen LogP contribution is 2.06. The maximum Gasteiger partial charge on any atom is 0.253 e. The Kier molecular flexibility index (Phi) is 10.6. The zero-order valence-electron chi connectivity index (χ0n) is 13.5. The van der Waals surface area contributed by atoms with Crippen molar-refractivity contribution in [1.29, 1.82) is 0 Å². The normalized spacial score (nSPS) is 10.6. The number of carbonyl (C=O) groups excluding carboxylic acids is 1. The van der Waals surface area contributed by atoms with Crippen LogP contribution < -0.4 is 10.6 Å². The van der Waals surface area contributed by atoms with Crippen LogP contribution in [0.4, 0.5) is 0 Å². The van der Waals surface area contributed by atoms with Gasteiger partial charge in [-0.2, -0.15) is 0 Å². The van der Waals surface area contributed by atoms with Gasteiger partial charge in [0.1, 0.15) is 0 Å². The Labute approximate surface area is 149 Å². The Morgan fingerprint density at radius 1 is 1.23 bits per heavy atom. The van der Waals surface area contributed by atoms with Crippen LogP contribution >= 0.6 is 24.0 Å². The average Bonchev–Trinajstić information content (AvgIpc) is 2.50. The van der Waals surface area contributed by atoms with E-state index in [2.05, 4.69) is 15.6 Å². The van der Waals surface area contributed by atoms with Crippen molar-refractivity contribution in [1.82, 2.24) is 15.5 Å². The molecule has 1 aromatic carbocycles. The number of carbonyl (C=O) groups is 1. The minimum absolute atomic E-state index is 0. The van der Waals surface area contributed by atoms with Crippen molar-refractivity contribution in [3.8, 4) is 0 Å². The van der Waals surface area contributed by atoms with Gasteiger partial charge in [-0.3, -0.25) is 9.79 Å². The van der Waals surface area contributed by atoms with Gasteiger partial charge < -0.3 is 20.3 Å². The molecule has 0 spiro atoms. The van der Waals surface area contributed by atoms with E-state index in [1.54, 1.807) is 33.2 Å². The lowest BCUT2D eigenvalue weighted by atomic mass is 10.1. The number of methoxy groups -OCH3 is 1. The first-order valence-corrected chi connectivity index (χ1v) is 6.82. The Balaban J connectivity index is 0.00000441. The van der Waals surface area contributed by atoms with Crippen LogP contribution in [0.25, 0.3) is 0 Å². The van der Waals surface area contributed by atoms with E-state index < -0.39 is 0 Å². The SMILES string of the molecule is CN=C(NCCOC)NCc1ccc(C(=O)N(C)C)cc1.I. The molecule has 0 saturated carbocycles. The predicted molar refractivity (Wildman–Crippen MR) is 100.0 cm³/mol. The number of aliphatic imine (C=N–C) groups is 1. The molecule has 22 heavy (non-hydrogen) atoms. The number of nitrogens with zero attached hydrogens (tertiary/aromatic N) is 2. The van der Waals surface area contributed by atoms with Crippen LogP contribution in [-0.2, 0) is 11.3 Å². The number of benzene rings is 1. The van der Waals surface area contributed by atoms with E-state index in [9.17, 15) is 4.79 Å². The van der Waals surface area contributed by atoms with Gasteiger partial charge >= 0.3 is 0 Å². The number of ether oxygens (including phenoxy) is 1. The highest BCUT2D eigenvalue weighted by molar-refractivity contribution is 14.0. The van der Waals surface area contributed by atoms with Gasteiger partial charge in [0.15, 0.2) is 5.96 Å². The van der Waals surface area contributed by atoms with Crippen LogP contribution in [-0.4, -0.2) is 58.2 Å². The summed E-state index contributed by atoms with van der Waals surface area (Å²) in [5.41, 5.74) is 1.77. The first-order valence-electron chi connectivity index (χ1n) is 6.82. The van der Waals surface area contributed by atoms with Crippen LogP contribution in [0.3, 0.4) is 0 Å². The Morgan fingerprint density at radius 3 is 2.36 bits per heavy atom. The minimum Gasteiger partial charge on any atom is -0.383 e. The minimum atomic E-state index is 0. The van der Waals surface area contributed by atoms with Crippen LogP contribution in [0, 0.1) is 0 Å². The van der Waals surface area contributed by atoms with Gasteiger partial charge in [-0.25, -0.2) is 0 Å². The van der Waals surface area contributed by atoms with E-state index in [0.29, 0.717) is 25.3 Å². The summed E-state index contributed by atoms with van der Waals surface area (Å²) in [7, 11) is 6.87. The average molecular weight is 420 g/mol. The van der Waals surface area contributed by atoms with Gasteiger partial charge in [0.05, 0.1) is 6.61 Å². The first kappa shape index (κ1) is 20.6. The Bertz CT molecular complexity index is 475. The van der Waals surface area contributed by atoms with E-state index in [1.807, 2.05) is 24.3 Å². The summed E-state index contributed by atoms with van der Waals surface area (Å²) in [5, 5.41) is 6.34. The molecule has 0 bridgehead atoms. The monoisotopic (exact) mass is 420 g/mol. The zero-order valence-corrected chi connectivity index (χ0v) is 15.9. The van der Waals surface area contributed by atoms with Crippen LogP contribution in [0.15, 0.2) is 29.3 Å². The number of hydrogen-bond donors (Lipinski definition) is 2. The Morgan fingerprint density at radius 2 is 1.86 bits per heavy atom. The van der Waals surface area contributed by atoms with Crippen molar-refractivity contribution in [2.45, 2.75) is 6.54 Å². The van der Waals surface area contributed by atoms with E-state index in [0.717, 1.165) is 11.5 Å². The molecule has 0 aromatic heterocycles. The lowest BCUT2D eigenvalue weighted by Gasteiger charge is -2.13. The molecule has 1 rings (SSSR count). The van der Waals surface area contributed by atoms with Crippen molar-refractivity contribution in [3.63, 3.8) is 0 Å². The molecule has 124 valence electrons. The number of halogens is 1. The highest BCUT2D eigenvalue weighted by atomic mass is 127. The van der Waals surface area contributed by atoms with Crippen molar-refractivity contribution >= 4 is 35.8 Å². The van der Waals surface area contributed by atoms with Crippen molar-refractivity contribution in [3.05, 3.63) is 35.4 Å². The lowest BCUT2D eigenvalue weighted by molar-refractivity contribution is 0.0827. The molecule has 0 atom stereocenters. The third kappa shape index (κ3) is 7.08. The van der Waals surface area contributed by atoms with Gasteiger partial charge in [0.25, 0.3) is 5.91 Å². The fourth-order valence-electron chi connectivity index (χ4n) is 1.70. The second-order valence-corrected chi connectivity index (χ2v) is 4.74. The van der Waals surface area contributed by atoms with Crippen molar-refractivity contribution < 1.29 is 9.53 Å². The number of rotatable bonds is 6. The quantitative estimate of drug-likeness (QED) is 0.315. The van der Waals surface area contributed by atoms with E-state index in [-0.39, 0.29) is 29.9 Å². The maximum absolute atomic E-state index is 11.8. The van der Waals surface area contributed by atoms with Gasteiger partial charge in [0, 0.05) is 46.9 Å². The number of hydrogen-bond acceptors (Lipinski definition) is 3. The standard InChI is InChI=1S/C15H24N4O2.HI/c1-16-15(17-9-10-21-4)18-11-12-5-7-13(8-6-12)14(20)19(2)3;/h5-8H,9-11H2,1-4H3,(H2,16,17,18);1H. The zero-order chi connectivity index (χ0) is 15.7. The number of nitrogens with one attached hydrogen (secondary N) is 2. The molecule has 0 aliphatic carbocycles. The first-order chi connectivity index (χ1) is 10.1. The molecule has 1 amide bonds. The molecule has 0 saturated heterocycles. The molecule has 2 N–H and O–H groups in total. The fourth-order valence-corrected chi connectivity index (χ4v) is 1.70. The van der Waals surface area contributed by atoms with Crippen LogP contribution in [0.2, 0.25) is 0 Å². The number of guanidine groups is 1. The largest absolute Gasteiger partial charge is 0.383 e. The fraction of sp³-hybridized carbons (Fsp3) is 0.467. The summed E-state index contributed by atoms with van der Waals surface area (Å²) in [6.45, 7) is 1.97. The second kappa shape index (κ2) is 11.2.